The predicted molar refractivity (Wildman–Crippen MR) is 112 cm³/mol. The normalized spacial score (nSPS) is 40.6. The number of likely N-dealkylation sites (tertiary alicyclic amines) is 1. The van der Waals surface area contributed by atoms with Crippen LogP contribution in [0.5, 0.6) is 0 Å². The van der Waals surface area contributed by atoms with E-state index in [0.29, 0.717) is 24.9 Å². The van der Waals surface area contributed by atoms with Crippen molar-refractivity contribution in [3.8, 4) is 0 Å². The number of amides is 1. The lowest BCUT2D eigenvalue weighted by Crippen LogP contribution is -2.49. The Morgan fingerprint density at radius 2 is 1.71 bits per heavy atom. The van der Waals surface area contributed by atoms with E-state index in [0.717, 1.165) is 43.7 Å². The molecule has 2 unspecified atom stereocenters. The number of carbonyl (C=O) groups excluding carboxylic acids is 1. The number of carbonyl (C=O) groups is 1. The Hall–Kier alpha value is -0.640. The van der Waals surface area contributed by atoms with Crippen molar-refractivity contribution < 1.29 is 9.18 Å². The van der Waals surface area contributed by atoms with Gasteiger partial charge in [0.15, 0.2) is 0 Å². The molecule has 4 heteroatoms. The van der Waals surface area contributed by atoms with Crippen LogP contribution in [-0.4, -0.2) is 43.2 Å². The number of alkyl halides is 1. The van der Waals surface area contributed by atoms with E-state index in [4.69, 9.17) is 0 Å². The molecule has 1 N–H and O–H groups in total. The van der Waals surface area contributed by atoms with Crippen LogP contribution >= 0.6 is 0 Å². The molecule has 1 saturated heterocycles. The molecule has 3 nitrogen and oxygen atoms in total. The fourth-order valence-corrected chi connectivity index (χ4v) is 7.10. The van der Waals surface area contributed by atoms with Crippen molar-refractivity contribution in [1.29, 1.82) is 0 Å². The van der Waals surface area contributed by atoms with Gasteiger partial charge in [-0.25, -0.2) is 4.39 Å². The van der Waals surface area contributed by atoms with Gasteiger partial charge < -0.3 is 10.2 Å². The van der Waals surface area contributed by atoms with Gasteiger partial charge in [-0.3, -0.25) is 4.79 Å². The van der Waals surface area contributed by atoms with E-state index in [1.54, 1.807) is 0 Å². The summed E-state index contributed by atoms with van der Waals surface area (Å²) >= 11 is 0. The molecule has 5 rings (SSSR count). The van der Waals surface area contributed by atoms with Crippen LogP contribution in [0.3, 0.4) is 0 Å². The van der Waals surface area contributed by atoms with Crippen LogP contribution in [0.2, 0.25) is 0 Å². The maximum atomic E-state index is 14.7. The van der Waals surface area contributed by atoms with Crippen molar-refractivity contribution in [3.63, 3.8) is 0 Å². The summed E-state index contributed by atoms with van der Waals surface area (Å²) in [4.78, 5) is 15.0. The zero-order valence-corrected chi connectivity index (χ0v) is 18.3. The predicted octanol–water partition coefficient (Wildman–Crippen LogP) is 4.81. The standard InChI is InChI=1S/C24H41FN2O/c1-23(2,3)5-7-27-6-4-20(21(25)16-27)15-26-22(28)14-24-11-17-8-18(12-24)10-19(9-17)13-24/h17-21H,4-16H2,1-3H3,(H,26,28). The smallest absolute Gasteiger partial charge is 0.220 e. The van der Waals surface area contributed by atoms with E-state index in [9.17, 15) is 9.18 Å². The number of nitrogens with zero attached hydrogens (tertiary/aromatic N) is 1. The first-order valence-corrected chi connectivity index (χ1v) is 11.8. The first-order valence-electron chi connectivity index (χ1n) is 11.8. The van der Waals surface area contributed by atoms with E-state index >= 15 is 0 Å². The van der Waals surface area contributed by atoms with Crippen LogP contribution in [0.4, 0.5) is 4.39 Å². The van der Waals surface area contributed by atoms with Crippen molar-refractivity contribution in [2.45, 2.75) is 84.7 Å². The highest BCUT2D eigenvalue weighted by atomic mass is 19.1. The fraction of sp³-hybridized carbons (Fsp3) is 0.958. The molecule has 4 saturated carbocycles. The Labute approximate surface area is 171 Å². The van der Waals surface area contributed by atoms with Gasteiger partial charge in [0, 0.05) is 25.4 Å². The highest BCUT2D eigenvalue weighted by molar-refractivity contribution is 5.76. The SMILES string of the molecule is CC(C)(C)CCN1CCC(CNC(=O)CC23CC4CC(CC(C4)C2)C3)C(F)C1. The zero-order valence-electron chi connectivity index (χ0n) is 18.3. The van der Waals surface area contributed by atoms with Crippen LogP contribution < -0.4 is 5.32 Å². The summed E-state index contributed by atoms with van der Waals surface area (Å²) < 4.78 is 14.7. The Bertz CT molecular complexity index is 534. The molecular weight excluding hydrogens is 351 g/mol. The Kier molecular flexibility index (Phi) is 5.81. The second-order valence-electron chi connectivity index (χ2n) is 12.1. The zero-order chi connectivity index (χ0) is 19.9. The lowest BCUT2D eigenvalue weighted by Gasteiger charge is -2.56. The van der Waals surface area contributed by atoms with E-state index in [1.165, 1.54) is 38.5 Å². The molecule has 0 spiro atoms. The monoisotopic (exact) mass is 392 g/mol. The first-order chi connectivity index (χ1) is 13.2. The minimum atomic E-state index is -0.812. The van der Waals surface area contributed by atoms with E-state index in [2.05, 4.69) is 31.0 Å². The third-order valence-corrected chi connectivity index (χ3v) is 8.20. The molecule has 4 bridgehead atoms. The summed E-state index contributed by atoms with van der Waals surface area (Å²) in [5, 5.41) is 3.13. The molecule has 1 aliphatic heterocycles. The molecule has 1 heterocycles. The summed E-state index contributed by atoms with van der Waals surface area (Å²) in [6.07, 6.45) is 9.90. The van der Waals surface area contributed by atoms with Crippen LogP contribution in [0.1, 0.15) is 78.6 Å². The summed E-state index contributed by atoms with van der Waals surface area (Å²) in [6.45, 7) is 9.73. The Morgan fingerprint density at radius 3 is 2.25 bits per heavy atom. The van der Waals surface area contributed by atoms with Crippen LogP contribution in [0, 0.1) is 34.5 Å². The largest absolute Gasteiger partial charge is 0.356 e. The third kappa shape index (κ3) is 4.91. The highest BCUT2D eigenvalue weighted by Gasteiger charge is 2.51. The third-order valence-electron chi connectivity index (χ3n) is 8.20. The second kappa shape index (κ2) is 7.89. The summed E-state index contributed by atoms with van der Waals surface area (Å²) in [6, 6.07) is 0. The molecule has 2 atom stereocenters. The van der Waals surface area contributed by atoms with Gasteiger partial charge in [0.05, 0.1) is 0 Å². The van der Waals surface area contributed by atoms with Gasteiger partial charge in [0.2, 0.25) is 5.91 Å². The van der Waals surface area contributed by atoms with Gasteiger partial charge in [-0.2, -0.15) is 0 Å². The lowest BCUT2D eigenvalue weighted by molar-refractivity contribution is -0.129. The van der Waals surface area contributed by atoms with Crippen LogP contribution in [0.25, 0.3) is 0 Å². The Morgan fingerprint density at radius 1 is 1.11 bits per heavy atom. The quantitative estimate of drug-likeness (QED) is 0.704. The van der Waals surface area contributed by atoms with Gasteiger partial charge in [0.25, 0.3) is 0 Å². The topological polar surface area (TPSA) is 32.3 Å². The molecule has 0 aromatic heterocycles. The molecule has 5 fully saturated rings. The van der Waals surface area contributed by atoms with E-state index in [-0.39, 0.29) is 17.2 Å². The maximum Gasteiger partial charge on any atom is 0.220 e. The molecule has 0 radical (unpaired) electrons. The molecule has 0 aromatic carbocycles. The van der Waals surface area contributed by atoms with Crippen molar-refractivity contribution in [2.24, 2.45) is 34.5 Å². The summed E-state index contributed by atoms with van der Waals surface area (Å²) in [5.74, 6) is 2.82. The summed E-state index contributed by atoms with van der Waals surface area (Å²) in [5.41, 5.74) is 0.582. The van der Waals surface area contributed by atoms with Gasteiger partial charge in [0.1, 0.15) is 6.17 Å². The molecule has 0 aromatic rings. The average molecular weight is 393 g/mol. The number of hydrogen-bond acceptors (Lipinski definition) is 2. The number of hydrogen-bond donors (Lipinski definition) is 1. The molecule has 1 amide bonds. The number of nitrogens with one attached hydrogen (secondary N) is 1. The van der Waals surface area contributed by atoms with Gasteiger partial charge in [-0.05, 0) is 93.0 Å². The number of piperidine rings is 1. The second-order valence-corrected chi connectivity index (χ2v) is 12.1. The van der Waals surface area contributed by atoms with Crippen LogP contribution in [-0.2, 0) is 4.79 Å². The van der Waals surface area contributed by atoms with E-state index in [1.807, 2.05) is 0 Å². The molecule has 160 valence electrons. The Balaban J connectivity index is 1.20. The van der Waals surface area contributed by atoms with Gasteiger partial charge in [-0.15, -0.1) is 0 Å². The van der Waals surface area contributed by atoms with Gasteiger partial charge >= 0.3 is 0 Å². The molecule has 4 aliphatic carbocycles. The minimum absolute atomic E-state index is 0.00815. The van der Waals surface area contributed by atoms with Crippen molar-refractivity contribution in [3.05, 3.63) is 0 Å². The molecular formula is C24H41FN2O. The lowest BCUT2D eigenvalue weighted by atomic mass is 9.49. The molecule has 28 heavy (non-hydrogen) atoms. The fourth-order valence-electron chi connectivity index (χ4n) is 7.10. The summed E-state index contributed by atoms with van der Waals surface area (Å²) in [7, 11) is 0. The maximum absolute atomic E-state index is 14.7. The van der Waals surface area contributed by atoms with Crippen molar-refractivity contribution >= 4 is 5.91 Å². The minimum Gasteiger partial charge on any atom is -0.356 e. The van der Waals surface area contributed by atoms with Crippen LogP contribution in [0.15, 0.2) is 0 Å². The number of halogens is 1. The van der Waals surface area contributed by atoms with E-state index < -0.39 is 6.17 Å². The first kappa shape index (κ1) is 20.6. The average Bonchev–Trinajstić information content (AvgIpc) is 2.57. The van der Waals surface area contributed by atoms with Crippen molar-refractivity contribution in [2.75, 3.05) is 26.2 Å². The molecule has 5 aliphatic rings. The van der Waals surface area contributed by atoms with Gasteiger partial charge in [-0.1, -0.05) is 20.8 Å². The number of rotatable bonds is 6. The van der Waals surface area contributed by atoms with Crippen molar-refractivity contribution in [1.82, 2.24) is 10.2 Å². The highest BCUT2D eigenvalue weighted by Crippen LogP contribution is 2.61.